The Labute approximate surface area is 178 Å². The van der Waals surface area contributed by atoms with Crippen LogP contribution in [0.15, 0.2) is 36.0 Å². The summed E-state index contributed by atoms with van der Waals surface area (Å²) in [7, 11) is 0. The molecule has 0 radical (unpaired) electrons. The van der Waals surface area contributed by atoms with E-state index in [1.54, 1.807) is 19.3 Å². The van der Waals surface area contributed by atoms with Crippen molar-refractivity contribution in [3.8, 4) is 0 Å². The number of rotatable bonds is 3. The zero-order valence-corrected chi connectivity index (χ0v) is 17.7. The minimum absolute atomic E-state index is 0.0872. The van der Waals surface area contributed by atoms with Crippen LogP contribution >= 0.6 is 22.9 Å². The highest BCUT2D eigenvalue weighted by Gasteiger charge is 2.46. The number of hydrogen-bond acceptors (Lipinski definition) is 7. The molecule has 1 atom stereocenters. The van der Waals surface area contributed by atoms with Gasteiger partial charge >= 0.3 is 0 Å². The van der Waals surface area contributed by atoms with E-state index in [0.29, 0.717) is 15.8 Å². The van der Waals surface area contributed by atoms with Gasteiger partial charge in [-0.25, -0.2) is 9.97 Å². The number of benzene rings is 1. The molecular formula is C21H22ClN5OS. The van der Waals surface area contributed by atoms with Crippen LogP contribution in [0.25, 0.3) is 0 Å². The third-order valence-corrected chi connectivity index (χ3v) is 7.54. The van der Waals surface area contributed by atoms with Gasteiger partial charge in [-0.15, -0.1) is 11.3 Å². The number of thiazole rings is 1. The van der Waals surface area contributed by atoms with Crippen molar-refractivity contribution in [2.75, 3.05) is 17.2 Å². The van der Waals surface area contributed by atoms with E-state index in [0.717, 1.165) is 30.6 Å². The summed E-state index contributed by atoms with van der Waals surface area (Å²) >= 11 is 7.91. The van der Waals surface area contributed by atoms with Gasteiger partial charge in [0.1, 0.15) is 15.6 Å². The molecule has 0 saturated heterocycles. The van der Waals surface area contributed by atoms with Crippen LogP contribution < -0.4 is 10.6 Å². The van der Waals surface area contributed by atoms with Gasteiger partial charge in [0.05, 0.1) is 6.20 Å². The molecule has 8 heteroatoms. The topological polar surface area (TPSA) is 88.2 Å². The second-order valence-electron chi connectivity index (χ2n) is 8.11. The Morgan fingerprint density at radius 3 is 2.79 bits per heavy atom. The summed E-state index contributed by atoms with van der Waals surface area (Å²) in [6.45, 7) is 2.59. The van der Waals surface area contributed by atoms with E-state index in [1.165, 1.54) is 29.7 Å². The Hall–Kier alpha value is -2.22. The third-order valence-electron chi connectivity index (χ3n) is 6.29. The van der Waals surface area contributed by atoms with Crippen LogP contribution in [0.3, 0.4) is 0 Å². The van der Waals surface area contributed by atoms with Gasteiger partial charge in [0, 0.05) is 29.2 Å². The predicted octanol–water partition coefficient (Wildman–Crippen LogP) is 4.39. The molecule has 1 saturated carbocycles. The zero-order chi connectivity index (χ0) is 20.2. The molecular weight excluding hydrogens is 406 g/mol. The highest BCUT2D eigenvalue weighted by atomic mass is 35.5. The van der Waals surface area contributed by atoms with Crippen molar-refractivity contribution in [2.45, 2.75) is 43.6 Å². The van der Waals surface area contributed by atoms with E-state index in [-0.39, 0.29) is 11.4 Å². The molecule has 3 N–H and O–H groups in total. The SMILES string of the molecule is CC(O)(c1ccc2c(c1)N(c1nc(N)ncc1Cl)CC21CCCC1)c1nccs1. The molecule has 1 aromatic carbocycles. The average molecular weight is 428 g/mol. The minimum atomic E-state index is -1.17. The summed E-state index contributed by atoms with van der Waals surface area (Å²) in [5.41, 5.74) is 7.90. The lowest BCUT2D eigenvalue weighted by molar-refractivity contribution is 0.102. The number of fused-ring (bicyclic) bond motifs is 2. The van der Waals surface area contributed by atoms with Crippen molar-refractivity contribution in [1.29, 1.82) is 0 Å². The van der Waals surface area contributed by atoms with E-state index in [2.05, 4.69) is 32.0 Å². The fraction of sp³-hybridized carbons (Fsp3) is 0.381. The molecule has 1 aliphatic heterocycles. The van der Waals surface area contributed by atoms with E-state index >= 15 is 0 Å². The lowest BCUT2D eigenvalue weighted by atomic mass is 9.80. The lowest BCUT2D eigenvalue weighted by Gasteiger charge is -2.25. The van der Waals surface area contributed by atoms with Crippen LogP contribution in [-0.2, 0) is 11.0 Å². The third kappa shape index (κ3) is 2.91. The van der Waals surface area contributed by atoms with Crippen LogP contribution in [0.2, 0.25) is 5.02 Å². The molecule has 29 heavy (non-hydrogen) atoms. The van der Waals surface area contributed by atoms with Crippen LogP contribution in [0.1, 0.15) is 48.7 Å². The highest BCUT2D eigenvalue weighted by molar-refractivity contribution is 7.09. The summed E-state index contributed by atoms with van der Waals surface area (Å²) in [6, 6.07) is 6.24. The maximum Gasteiger partial charge on any atom is 0.222 e. The Bertz CT molecular complexity index is 1060. The van der Waals surface area contributed by atoms with Gasteiger partial charge in [-0.05, 0) is 37.0 Å². The normalized spacial score (nSPS) is 19.5. The smallest absolute Gasteiger partial charge is 0.222 e. The van der Waals surface area contributed by atoms with E-state index in [9.17, 15) is 5.11 Å². The van der Waals surface area contributed by atoms with E-state index in [4.69, 9.17) is 17.3 Å². The number of halogens is 1. The molecule has 2 aromatic heterocycles. The van der Waals surface area contributed by atoms with Crippen molar-refractivity contribution in [3.63, 3.8) is 0 Å². The number of aromatic nitrogens is 3. The van der Waals surface area contributed by atoms with Crippen molar-refractivity contribution >= 4 is 40.4 Å². The molecule has 6 nitrogen and oxygen atoms in total. The van der Waals surface area contributed by atoms with Crippen molar-refractivity contribution in [1.82, 2.24) is 15.0 Å². The van der Waals surface area contributed by atoms with Gasteiger partial charge in [-0.3, -0.25) is 0 Å². The Kier molecular flexibility index (Phi) is 4.31. The monoisotopic (exact) mass is 427 g/mol. The first-order valence-electron chi connectivity index (χ1n) is 9.74. The molecule has 0 bridgehead atoms. The fourth-order valence-corrected chi connectivity index (χ4v) is 5.71. The fourth-order valence-electron chi connectivity index (χ4n) is 4.80. The van der Waals surface area contributed by atoms with Gasteiger partial charge in [-0.2, -0.15) is 4.98 Å². The van der Waals surface area contributed by atoms with E-state index < -0.39 is 5.60 Å². The van der Waals surface area contributed by atoms with Gasteiger partial charge < -0.3 is 15.7 Å². The summed E-state index contributed by atoms with van der Waals surface area (Å²) in [5, 5.41) is 14.3. The molecule has 3 aromatic rings. The maximum absolute atomic E-state index is 11.2. The summed E-state index contributed by atoms with van der Waals surface area (Å²) in [6.07, 6.45) is 7.96. The average Bonchev–Trinajstić information content (AvgIpc) is 3.46. The largest absolute Gasteiger partial charge is 0.378 e. The summed E-state index contributed by atoms with van der Waals surface area (Å²) in [4.78, 5) is 14.9. The van der Waals surface area contributed by atoms with Gasteiger partial charge in [-0.1, -0.05) is 36.6 Å². The maximum atomic E-state index is 11.2. The highest BCUT2D eigenvalue weighted by Crippen LogP contribution is 2.53. The molecule has 3 heterocycles. The summed E-state index contributed by atoms with van der Waals surface area (Å²) < 4.78 is 0. The Morgan fingerprint density at radius 1 is 1.28 bits per heavy atom. The molecule has 1 unspecified atom stereocenters. The Balaban J connectivity index is 1.67. The quantitative estimate of drug-likeness (QED) is 0.644. The molecule has 5 rings (SSSR count). The first-order valence-corrected chi connectivity index (χ1v) is 11.0. The predicted molar refractivity (Wildman–Crippen MR) is 116 cm³/mol. The van der Waals surface area contributed by atoms with Crippen molar-refractivity contribution in [2.24, 2.45) is 0 Å². The molecule has 1 aliphatic carbocycles. The molecule has 1 fully saturated rings. The number of aliphatic hydroxyl groups is 1. The van der Waals surface area contributed by atoms with Crippen LogP contribution in [-0.4, -0.2) is 26.6 Å². The number of anilines is 3. The number of nitrogen functional groups attached to an aromatic ring is 1. The van der Waals surface area contributed by atoms with Gasteiger partial charge in [0.15, 0.2) is 5.82 Å². The Morgan fingerprint density at radius 2 is 2.07 bits per heavy atom. The molecule has 150 valence electrons. The number of hydrogen-bond donors (Lipinski definition) is 2. The molecule has 0 amide bonds. The second kappa shape index (κ2) is 6.65. The van der Waals surface area contributed by atoms with Crippen LogP contribution in [0, 0.1) is 0 Å². The molecule has 2 aliphatic rings. The standard InChI is InChI=1S/C21H22ClN5OS/c1-20(28,18-24-8-9-29-18)13-4-5-14-16(10-13)27(12-21(14)6-2-3-7-21)17-15(22)11-25-19(23)26-17/h4-5,8-11,28H,2-3,6-7,12H2,1H3,(H2,23,25,26). The zero-order valence-electron chi connectivity index (χ0n) is 16.1. The molecule has 1 spiro atoms. The van der Waals surface area contributed by atoms with Gasteiger partial charge in [0.2, 0.25) is 5.95 Å². The minimum Gasteiger partial charge on any atom is -0.378 e. The lowest BCUT2D eigenvalue weighted by Crippen LogP contribution is -2.29. The van der Waals surface area contributed by atoms with Crippen LogP contribution in [0.4, 0.5) is 17.5 Å². The summed E-state index contributed by atoms with van der Waals surface area (Å²) in [5.74, 6) is 0.819. The van der Waals surface area contributed by atoms with E-state index in [1.807, 2.05) is 11.4 Å². The number of nitrogens with two attached hydrogens (primary N) is 1. The second-order valence-corrected chi connectivity index (χ2v) is 9.42. The van der Waals surface area contributed by atoms with Crippen molar-refractivity contribution in [3.05, 3.63) is 57.1 Å². The first kappa shape index (κ1) is 18.8. The number of nitrogens with zero attached hydrogens (tertiary/aromatic N) is 4. The van der Waals surface area contributed by atoms with Crippen molar-refractivity contribution < 1.29 is 5.11 Å². The van der Waals surface area contributed by atoms with Gasteiger partial charge in [0.25, 0.3) is 0 Å². The van der Waals surface area contributed by atoms with Crippen LogP contribution in [0.5, 0.6) is 0 Å². The first-order chi connectivity index (χ1) is 13.9.